The molecular formula is C11H18N2O2. The van der Waals surface area contributed by atoms with E-state index in [4.69, 9.17) is 0 Å². The van der Waals surface area contributed by atoms with E-state index >= 15 is 0 Å². The Morgan fingerprint density at radius 3 is 2.33 bits per heavy atom. The predicted octanol–water partition coefficient (Wildman–Crippen LogP) is 0.524. The molecular weight excluding hydrogens is 192 g/mol. The van der Waals surface area contributed by atoms with Crippen LogP contribution in [0.5, 0.6) is 0 Å². The highest BCUT2D eigenvalue weighted by Gasteiger charge is 2.44. The van der Waals surface area contributed by atoms with Gasteiger partial charge in [0.25, 0.3) is 0 Å². The third kappa shape index (κ3) is 2.04. The lowest BCUT2D eigenvalue weighted by Crippen LogP contribution is -2.46. The molecule has 0 unspecified atom stereocenters. The summed E-state index contributed by atoms with van der Waals surface area (Å²) < 4.78 is 0. The predicted molar refractivity (Wildman–Crippen MR) is 56.1 cm³/mol. The minimum atomic E-state index is -0.100. The number of hydrogen-bond acceptors (Lipinski definition) is 3. The van der Waals surface area contributed by atoms with E-state index < -0.39 is 0 Å². The highest BCUT2D eigenvalue weighted by atomic mass is 16.2. The van der Waals surface area contributed by atoms with Gasteiger partial charge >= 0.3 is 0 Å². The number of piperidine rings is 1. The van der Waals surface area contributed by atoms with Crippen LogP contribution in [-0.2, 0) is 9.59 Å². The molecule has 2 saturated heterocycles. The van der Waals surface area contributed by atoms with Crippen LogP contribution in [0.25, 0.3) is 0 Å². The largest absolute Gasteiger partial charge is 0.300 e. The van der Waals surface area contributed by atoms with Gasteiger partial charge in [0.05, 0.1) is 0 Å². The van der Waals surface area contributed by atoms with Crippen LogP contribution in [0.4, 0.5) is 0 Å². The Bertz CT molecular complexity index is 283. The number of amides is 2. The van der Waals surface area contributed by atoms with Gasteiger partial charge in [-0.25, -0.2) is 0 Å². The number of carbonyl (C=O) groups excluding carboxylic acids is 2. The fourth-order valence-electron chi connectivity index (χ4n) is 2.69. The van der Waals surface area contributed by atoms with E-state index in [9.17, 15) is 9.59 Å². The van der Waals surface area contributed by atoms with E-state index in [1.807, 2.05) is 0 Å². The van der Waals surface area contributed by atoms with Crippen molar-refractivity contribution in [2.45, 2.75) is 39.2 Å². The molecule has 2 aliphatic rings. The first-order valence-electron chi connectivity index (χ1n) is 5.57. The number of nitrogens with one attached hydrogen (secondary N) is 1. The van der Waals surface area contributed by atoms with Crippen LogP contribution in [0.15, 0.2) is 0 Å². The summed E-state index contributed by atoms with van der Waals surface area (Å²) in [7, 11) is 0. The molecule has 2 aliphatic heterocycles. The third-order valence-corrected chi connectivity index (χ3v) is 3.55. The number of carbonyl (C=O) groups is 2. The highest BCUT2D eigenvalue weighted by molar-refractivity contribution is 5.98. The first-order chi connectivity index (χ1) is 7.01. The van der Waals surface area contributed by atoms with Crippen molar-refractivity contribution in [2.75, 3.05) is 13.1 Å². The molecule has 0 radical (unpaired) electrons. The van der Waals surface area contributed by atoms with Crippen molar-refractivity contribution in [2.24, 2.45) is 5.41 Å². The second-order valence-corrected chi connectivity index (χ2v) is 5.14. The number of nitrogens with zero attached hydrogens (tertiary/aromatic N) is 1. The topological polar surface area (TPSA) is 49.4 Å². The molecule has 4 heteroatoms. The minimum Gasteiger partial charge on any atom is -0.300 e. The molecule has 0 bridgehead atoms. The average molecular weight is 210 g/mol. The lowest BCUT2D eigenvalue weighted by atomic mass is 9.77. The summed E-state index contributed by atoms with van der Waals surface area (Å²) in [5.41, 5.74) is -0.0658. The molecule has 0 aromatic carbocycles. The van der Waals surface area contributed by atoms with Gasteiger partial charge in [0.1, 0.15) is 0 Å². The quantitative estimate of drug-likeness (QED) is 0.642. The molecule has 15 heavy (non-hydrogen) atoms. The van der Waals surface area contributed by atoms with E-state index in [1.165, 1.54) is 0 Å². The van der Waals surface area contributed by atoms with Crippen LogP contribution in [-0.4, -0.2) is 35.8 Å². The number of imide groups is 1. The van der Waals surface area contributed by atoms with Crippen LogP contribution in [0.1, 0.15) is 33.1 Å². The number of hydrogen-bond donors (Lipinski definition) is 1. The standard InChI is InChI=1S/C11H18N2O2/c1-8(2)13-4-3-11(7-13)5-9(14)12-10(15)6-11/h8H,3-7H2,1-2H3,(H,12,14,15). The van der Waals surface area contributed by atoms with Gasteiger partial charge < -0.3 is 4.90 Å². The molecule has 4 nitrogen and oxygen atoms in total. The fourth-order valence-corrected chi connectivity index (χ4v) is 2.69. The average Bonchev–Trinajstić information content (AvgIpc) is 2.46. The summed E-state index contributed by atoms with van der Waals surface area (Å²) >= 11 is 0. The van der Waals surface area contributed by atoms with E-state index in [-0.39, 0.29) is 17.2 Å². The normalized spacial score (nSPS) is 26.3. The van der Waals surface area contributed by atoms with Gasteiger partial charge in [-0.3, -0.25) is 14.9 Å². The fraction of sp³-hybridized carbons (Fsp3) is 0.818. The van der Waals surface area contributed by atoms with Gasteiger partial charge in [0.15, 0.2) is 0 Å². The number of likely N-dealkylation sites (tertiary alicyclic amines) is 1. The van der Waals surface area contributed by atoms with Crippen LogP contribution in [0.3, 0.4) is 0 Å². The molecule has 2 fully saturated rings. The molecule has 0 aliphatic carbocycles. The van der Waals surface area contributed by atoms with Crippen LogP contribution >= 0.6 is 0 Å². The Labute approximate surface area is 90.0 Å². The van der Waals surface area contributed by atoms with Gasteiger partial charge in [-0.15, -0.1) is 0 Å². The molecule has 0 aromatic rings. The Balaban J connectivity index is 2.08. The summed E-state index contributed by atoms with van der Waals surface area (Å²) in [6.45, 7) is 6.22. The van der Waals surface area contributed by atoms with E-state index in [2.05, 4.69) is 24.1 Å². The minimum absolute atomic E-state index is 0.0658. The summed E-state index contributed by atoms with van der Waals surface area (Å²) in [4.78, 5) is 25.1. The molecule has 1 N–H and O–H groups in total. The molecule has 2 heterocycles. The van der Waals surface area contributed by atoms with Gasteiger partial charge in [0.2, 0.25) is 11.8 Å². The summed E-state index contributed by atoms with van der Waals surface area (Å²) in [5.74, 6) is -0.200. The summed E-state index contributed by atoms with van der Waals surface area (Å²) in [6, 6.07) is 0.504. The highest BCUT2D eigenvalue weighted by Crippen LogP contribution is 2.39. The Hall–Kier alpha value is -0.900. The lowest BCUT2D eigenvalue weighted by molar-refractivity contribution is -0.137. The first-order valence-corrected chi connectivity index (χ1v) is 5.57. The van der Waals surface area contributed by atoms with E-state index in [1.54, 1.807) is 0 Å². The van der Waals surface area contributed by atoms with Gasteiger partial charge in [-0.1, -0.05) is 0 Å². The van der Waals surface area contributed by atoms with Gasteiger partial charge in [-0.2, -0.15) is 0 Å². The van der Waals surface area contributed by atoms with Gasteiger partial charge in [0, 0.05) is 30.8 Å². The Kier molecular flexibility index (Phi) is 2.54. The molecule has 84 valence electrons. The van der Waals surface area contributed by atoms with Crippen molar-refractivity contribution >= 4 is 11.8 Å². The van der Waals surface area contributed by atoms with Crippen LogP contribution in [0.2, 0.25) is 0 Å². The summed E-state index contributed by atoms with van der Waals surface area (Å²) in [6.07, 6.45) is 2.01. The Morgan fingerprint density at radius 2 is 1.87 bits per heavy atom. The van der Waals surface area contributed by atoms with Crippen molar-refractivity contribution in [1.82, 2.24) is 10.2 Å². The molecule has 0 atom stereocenters. The van der Waals surface area contributed by atoms with Crippen molar-refractivity contribution in [3.05, 3.63) is 0 Å². The summed E-state index contributed by atoms with van der Waals surface area (Å²) in [5, 5.41) is 2.38. The lowest BCUT2D eigenvalue weighted by Gasteiger charge is -2.32. The SMILES string of the molecule is CC(C)N1CCC2(CC(=O)NC(=O)C2)C1. The second-order valence-electron chi connectivity index (χ2n) is 5.14. The zero-order chi connectivity index (χ0) is 11.1. The monoisotopic (exact) mass is 210 g/mol. The van der Waals surface area contributed by atoms with Crippen molar-refractivity contribution in [3.8, 4) is 0 Å². The second kappa shape index (κ2) is 3.59. The van der Waals surface area contributed by atoms with Crippen molar-refractivity contribution in [3.63, 3.8) is 0 Å². The Morgan fingerprint density at radius 1 is 1.27 bits per heavy atom. The maximum atomic E-state index is 11.4. The van der Waals surface area contributed by atoms with E-state index in [0.717, 1.165) is 19.5 Å². The first kappa shape index (κ1) is 10.6. The maximum Gasteiger partial charge on any atom is 0.227 e. The molecule has 1 spiro atoms. The third-order valence-electron chi connectivity index (χ3n) is 3.55. The zero-order valence-corrected chi connectivity index (χ0v) is 9.38. The van der Waals surface area contributed by atoms with Gasteiger partial charge in [-0.05, 0) is 26.8 Å². The molecule has 0 aromatic heterocycles. The molecule has 2 rings (SSSR count). The number of rotatable bonds is 1. The van der Waals surface area contributed by atoms with Crippen molar-refractivity contribution in [1.29, 1.82) is 0 Å². The van der Waals surface area contributed by atoms with Crippen molar-refractivity contribution < 1.29 is 9.59 Å². The van der Waals surface area contributed by atoms with Crippen LogP contribution in [0, 0.1) is 5.41 Å². The zero-order valence-electron chi connectivity index (χ0n) is 9.38. The van der Waals surface area contributed by atoms with Crippen LogP contribution < -0.4 is 5.32 Å². The molecule has 2 amide bonds. The van der Waals surface area contributed by atoms with E-state index in [0.29, 0.717) is 18.9 Å². The maximum absolute atomic E-state index is 11.4. The molecule has 0 saturated carbocycles. The smallest absolute Gasteiger partial charge is 0.227 e.